The summed E-state index contributed by atoms with van der Waals surface area (Å²) in [5.41, 5.74) is 0. The van der Waals surface area contributed by atoms with Crippen molar-refractivity contribution in [1.82, 2.24) is 9.97 Å². The minimum atomic E-state index is -0.694. The van der Waals surface area contributed by atoms with Gasteiger partial charge in [-0.25, -0.2) is 9.97 Å². The Kier molecular flexibility index (Phi) is 26.5. The smallest absolute Gasteiger partial charge is 0.316 e. The zero-order valence-corrected chi connectivity index (χ0v) is 30.8. The number of hydrogen-bond donors (Lipinski definition) is 1. The van der Waals surface area contributed by atoms with Crippen molar-refractivity contribution < 1.29 is 33.3 Å². The molecule has 0 aliphatic carbocycles. The van der Waals surface area contributed by atoms with Crippen LogP contribution in [0.15, 0.2) is 18.5 Å². The van der Waals surface area contributed by atoms with E-state index in [-0.39, 0.29) is 12.5 Å². The Bertz CT molecular complexity index is 855. The average molecular weight is 679 g/mol. The maximum absolute atomic E-state index is 10.8. The van der Waals surface area contributed by atoms with E-state index in [9.17, 15) is 4.79 Å². The highest BCUT2D eigenvalue weighted by molar-refractivity contribution is 5.66. The Labute approximate surface area is 293 Å². The summed E-state index contributed by atoms with van der Waals surface area (Å²) >= 11 is 0. The lowest BCUT2D eigenvalue weighted by Crippen LogP contribution is -2.48. The molecular weight excluding hydrogens is 606 g/mol. The zero-order chi connectivity index (χ0) is 34.2. The van der Waals surface area contributed by atoms with Gasteiger partial charge < -0.3 is 28.5 Å². The number of rotatable bonds is 35. The molecule has 2 heterocycles. The molecule has 1 N–H and O–H groups in total. The molecule has 0 aromatic carbocycles. The Hall–Kier alpha value is -1.81. The third-order valence-corrected chi connectivity index (χ3v) is 9.68. The number of unbranched alkanes of at least 4 members (excludes halogenated alkanes) is 17. The molecule has 1 unspecified atom stereocenters. The Morgan fingerprint density at radius 1 is 0.667 bits per heavy atom. The fourth-order valence-corrected chi connectivity index (χ4v) is 6.74. The number of carboxylic acid groups (broad SMARTS) is 1. The van der Waals surface area contributed by atoms with Crippen LogP contribution in [0.4, 0.5) is 0 Å². The monoisotopic (exact) mass is 679 g/mol. The molecule has 1 aromatic heterocycles. The van der Waals surface area contributed by atoms with Gasteiger partial charge in [0.15, 0.2) is 0 Å². The summed E-state index contributed by atoms with van der Waals surface area (Å²) in [5.74, 6) is -0.694. The SMILES string of the molecule is CCCCCCCCCCCCCCCCCCOCC(COCCOCC[N+]1(CCCCCC(=O)O)CCCC1)Oc1ncccn1. The van der Waals surface area contributed by atoms with Crippen LogP contribution in [0.3, 0.4) is 0 Å². The summed E-state index contributed by atoms with van der Waals surface area (Å²) in [6.45, 7) is 10.2. The van der Waals surface area contributed by atoms with Crippen LogP contribution in [0.1, 0.15) is 148 Å². The third-order valence-electron chi connectivity index (χ3n) is 9.68. The van der Waals surface area contributed by atoms with Gasteiger partial charge in [0.05, 0.1) is 52.7 Å². The fourth-order valence-electron chi connectivity index (χ4n) is 6.74. The number of aromatic nitrogens is 2. The number of nitrogens with zero attached hydrogens (tertiary/aromatic N) is 3. The Balaban J connectivity index is 1.48. The number of likely N-dealkylation sites (tertiary alicyclic amines) is 1. The van der Waals surface area contributed by atoms with Crippen LogP contribution >= 0.6 is 0 Å². The minimum Gasteiger partial charge on any atom is -0.481 e. The second kappa shape index (κ2) is 30.1. The van der Waals surface area contributed by atoms with Crippen LogP contribution < -0.4 is 4.74 Å². The van der Waals surface area contributed by atoms with Gasteiger partial charge in [0.25, 0.3) is 0 Å². The molecule has 48 heavy (non-hydrogen) atoms. The number of hydrogen-bond acceptors (Lipinski definition) is 7. The summed E-state index contributed by atoms with van der Waals surface area (Å²) in [5, 5.41) is 8.86. The number of carboxylic acids is 1. The van der Waals surface area contributed by atoms with Gasteiger partial charge >= 0.3 is 12.0 Å². The molecular formula is C39H72N3O6+. The van der Waals surface area contributed by atoms with Gasteiger partial charge in [0, 0.05) is 38.3 Å². The molecule has 1 saturated heterocycles. The van der Waals surface area contributed by atoms with Crippen molar-refractivity contribution in [2.75, 3.05) is 65.8 Å². The molecule has 1 atom stereocenters. The normalized spacial score (nSPS) is 14.8. The summed E-state index contributed by atoms with van der Waals surface area (Å²) in [4.78, 5) is 19.2. The van der Waals surface area contributed by atoms with Crippen molar-refractivity contribution in [1.29, 1.82) is 0 Å². The quantitative estimate of drug-likeness (QED) is 0.0562. The van der Waals surface area contributed by atoms with E-state index in [2.05, 4.69) is 16.9 Å². The van der Waals surface area contributed by atoms with Gasteiger partial charge in [-0.15, -0.1) is 0 Å². The molecule has 0 amide bonds. The standard InChI is InChI=1S/C39H71N3O6/c1-2-3-4-5-6-7-8-9-10-11-12-13-14-15-16-22-31-46-35-37(48-39-40-25-23-26-41-39)36-47-34-33-45-32-30-42(28-20-21-29-42)27-19-17-18-24-38(43)44/h23,25-26,37H,2-22,24,27-36H2,1H3/p+1. The van der Waals surface area contributed by atoms with Crippen molar-refractivity contribution in [3.05, 3.63) is 18.5 Å². The molecule has 1 aliphatic heterocycles. The molecule has 1 aliphatic rings. The minimum absolute atomic E-state index is 0.270. The maximum atomic E-state index is 10.8. The van der Waals surface area contributed by atoms with Crippen LogP contribution in [0, 0.1) is 0 Å². The first-order chi connectivity index (χ1) is 23.6. The average Bonchev–Trinajstić information content (AvgIpc) is 3.56. The van der Waals surface area contributed by atoms with Gasteiger partial charge in [-0.1, -0.05) is 103 Å². The maximum Gasteiger partial charge on any atom is 0.316 e. The van der Waals surface area contributed by atoms with E-state index in [1.54, 1.807) is 18.5 Å². The zero-order valence-electron chi connectivity index (χ0n) is 30.8. The first kappa shape index (κ1) is 42.4. The molecule has 9 heteroatoms. The molecule has 9 nitrogen and oxygen atoms in total. The van der Waals surface area contributed by atoms with E-state index >= 15 is 0 Å². The lowest BCUT2D eigenvalue weighted by atomic mass is 10.0. The second-order valence-corrected chi connectivity index (χ2v) is 14.0. The lowest BCUT2D eigenvalue weighted by molar-refractivity contribution is -0.917. The first-order valence-electron chi connectivity index (χ1n) is 19.9. The molecule has 278 valence electrons. The molecule has 2 rings (SSSR count). The van der Waals surface area contributed by atoms with E-state index in [0.29, 0.717) is 32.4 Å². The van der Waals surface area contributed by atoms with Gasteiger partial charge in [-0.2, -0.15) is 0 Å². The summed E-state index contributed by atoms with van der Waals surface area (Å²) in [6.07, 6.45) is 30.5. The number of quaternary nitrogens is 1. The molecule has 0 saturated carbocycles. The van der Waals surface area contributed by atoms with Crippen LogP contribution in [-0.4, -0.2) is 97.5 Å². The number of ether oxygens (including phenoxy) is 4. The molecule has 1 fully saturated rings. The van der Waals surface area contributed by atoms with Crippen molar-refractivity contribution in [3.8, 4) is 6.01 Å². The third kappa shape index (κ3) is 23.5. The first-order valence-corrected chi connectivity index (χ1v) is 19.9. The summed E-state index contributed by atoms with van der Waals surface area (Å²) in [6, 6.07) is 2.12. The number of aliphatic carboxylic acids is 1. The van der Waals surface area contributed by atoms with E-state index in [0.717, 1.165) is 56.5 Å². The highest BCUT2D eigenvalue weighted by atomic mass is 16.6. The fraction of sp³-hybridized carbons (Fsp3) is 0.872. The van der Waals surface area contributed by atoms with Crippen LogP contribution in [0.25, 0.3) is 0 Å². The molecule has 0 bridgehead atoms. The Morgan fingerprint density at radius 3 is 1.77 bits per heavy atom. The van der Waals surface area contributed by atoms with E-state index in [1.165, 1.54) is 122 Å². The highest BCUT2D eigenvalue weighted by Crippen LogP contribution is 2.21. The van der Waals surface area contributed by atoms with Crippen molar-refractivity contribution in [2.45, 2.75) is 154 Å². The van der Waals surface area contributed by atoms with Gasteiger partial charge in [-0.05, 0) is 31.7 Å². The van der Waals surface area contributed by atoms with E-state index in [4.69, 9.17) is 24.1 Å². The predicted molar refractivity (Wildman–Crippen MR) is 194 cm³/mol. The summed E-state index contributed by atoms with van der Waals surface area (Å²) in [7, 11) is 0. The molecule has 0 radical (unpaired) electrons. The number of carbonyl (C=O) groups is 1. The largest absolute Gasteiger partial charge is 0.481 e. The van der Waals surface area contributed by atoms with Crippen LogP contribution in [0.2, 0.25) is 0 Å². The van der Waals surface area contributed by atoms with Crippen molar-refractivity contribution in [2.24, 2.45) is 0 Å². The van der Waals surface area contributed by atoms with E-state index < -0.39 is 5.97 Å². The van der Waals surface area contributed by atoms with Gasteiger partial charge in [0.2, 0.25) is 0 Å². The highest BCUT2D eigenvalue weighted by Gasteiger charge is 2.30. The van der Waals surface area contributed by atoms with Gasteiger partial charge in [0.1, 0.15) is 12.6 Å². The van der Waals surface area contributed by atoms with Crippen LogP contribution in [0.5, 0.6) is 6.01 Å². The van der Waals surface area contributed by atoms with Crippen LogP contribution in [-0.2, 0) is 19.0 Å². The predicted octanol–water partition coefficient (Wildman–Crippen LogP) is 8.79. The molecule has 1 aromatic rings. The van der Waals surface area contributed by atoms with Gasteiger partial charge in [-0.3, -0.25) is 4.79 Å². The van der Waals surface area contributed by atoms with Crippen molar-refractivity contribution in [3.63, 3.8) is 0 Å². The van der Waals surface area contributed by atoms with Crippen molar-refractivity contribution >= 4 is 5.97 Å². The molecule has 0 spiro atoms. The van der Waals surface area contributed by atoms with E-state index in [1.807, 2.05) is 0 Å². The second-order valence-electron chi connectivity index (χ2n) is 14.0. The lowest BCUT2D eigenvalue weighted by Gasteiger charge is -2.34. The topological polar surface area (TPSA) is 100 Å². The Morgan fingerprint density at radius 2 is 1.19 bits per heavy atom. The summed E-state index contributed by atoms with van der Waals surface area (Å²) < 4.78 is 25.0.